The van der Waals surface area contributed by atoms with Gasteiger partial charge < -0.3 is 10.1 Å². The molecule has 31 heavy (non-hydrogen) atoms. The number of nitrogens with one attached hydrogen (secondary N) is 1. The van der Waals surface area contributed by atoms with Crippen molar-refractivity contribution in [2.24, 2.45) is 5.92 Å². The van der Waals surface area contributed by atoms with E-state index in [4.69, 9.17) is 16.3 Å². The van der Waals surface area contributed by atoms with Crippen LogP contribution in [0.2, 0.25) is 5.02 Å². The zero-order valence-corrected chi connectivity index (χ0v) is 18.0. The minimum atomic E-state index is -4.60. The molecule has 0 radical (unpaired) electrons. The Bertz CT molecular complexity index is 1070. The lowest BCUT2D eigenvalue weighted by Crippen LogP contribution is -2.41. The maximum Gasteiger partial charge on any atom is 0.418 e. The number of methoxy groups -OCH3 is 1. The van der Waals surface area contributed by atoms with E-state index in [1.54, 1.807) is 0 Å². The molecule has 3 rings (SSSR count). The SMILES string of the molecule is COc1ccc(S(=O)(=O)N2CCC(C(=O)Nc3ccccc3C(F)(F)F)CC2)cc1Cl. The maximum absolute atomic E-state index is 13.1. The molecule has 1 heterocycles. The van der Waals surface area contributed by atoms with Gasteiger partial charge in [-0.3, -0.25) is 4.79 Å². The zero-order chi connectivity index (χ0) is 22.8. The van der Waals surface area contributed by atoms with E-state index in [0.717, 1.165) is 6.07 Å². The Hall–Kier alpha value is -2.30. The number of alkyl halides is 3. The summed E-state index contributed by atoms with van der Waals surface area (Å²) in [5, 5.41) is 2.49. The summed E-state index contributed by atoms with van der Waals surface area (Å²) in [6, 6.07) is 8.86. The molecular weight excluding hydrogens is 457 g/mol. The van der Waals surface area contributed by atoms with Gasteiger partial charge in [0.2, 0.25) is 15.9 Å². The van der Waals surface area contributed by atoms with Crippen LogP contribution in [0.3, 0.4) is 0 Å². The number of nitrogens with zero attached hydrogens (tertiary/aromatic N) is 1. The minimum Gasteiger partial charge on any atom is -0.495 e. The number of anilines is 1. The quantitative estimate of drug-likeness (QED) is 0.693. The van der Waals surface area contributed by atoms with Gasteiger partial charge in [0.1, 0.15) is 5.75 Å². The average Bonchev–Trinajstić information content (AvgIpc) is 2.73. The van der Waals surface area contributed by atoms with Crippen LogP contribution in [-0.2, 0) is 21.0 Å². The van der Waals surface area contributed by atoms with Crippen LogP contribution < -0.4 is 10.1 Å². The highest BCUT2D eigenvalue weighted by Crippen LogP contribution is 2.35. The van der Waals surface area contributed by atoms with Gasteiger partial charge in [-0.05, 0) is 43.2 Å². The number of hydrogen-bond donors (Lipinski definition) is 1. The van der Waals surface area contributed by atoms with E-state index in [1.165, 1.54) is 47.8 Å². The molecule has 2 aromatic carbocycles. The molecule has 1 aliphatic heterocycles. The number of rotatable bonds is 5. The lowest BCUT2D eigenvalue weighted by atomic mass is 9.97. The van der Waals surface area contributed by atoms with Crippen molar-refractivity contribution in [1.29, 1.82) is 0 Å². The standard InChI is InChI=1S/C20H20ClF3N2O4S/c1-30-18-7-6-14(12-16(18)21)31(28,29)26-10-8-13(9-11-26)19(27)25-17-5-3-2-4-15(17)20(22,23)24/h2-7,12-13H,8-11H2,1H3,(H,25,27). The van der Waals surface area contributed by atoms with Gasteiger partial charge in [-0.15, -0.1) is 0 Å². The molecule has 0 aromatic heterocycles. The van der Waals surface area contributed by atoms with Gasteiger partial charge in [-0.1, -0.05) is 23.7 Å². The molecule has 1 fully saturated rings. The van der Waals surface area contributed by atoms with Crippen LogP contribution in [0.25, 0.3) is 0 Å². The number of hydrogen-bond acceptors (Lipinski definition) is 4. The summed E-state index contributed by atoms with van der Waals surface area (Å²) in [7, 11) is -2.42. The van der Waals surface area contributed by atoms with Crippen LogP contribution >= 0.6 is 11.6 Å². The molecule has 2 aromatic rings. The highest BCUT2D eigenvalue weighted by molar-refractivity contribution is 7.89. The third-order valence-electron chi connectivity index (χ3n) is 5.08. The van der Waals surface area contributed by atoms with Crippen molar-refractivity contribution in [2.75, 3.05) is 25.5 Å². The van der Waals surface area contributed by atoms with Crippen molar-refractivity contribution in [3.63, 3.8) is 0 Å². The molecule has 168 valence electrons. The molecule has 11 heteroatoms. The Morgan fingerprint density at radius 1 is 1.16 bits per heavy atom. The predicted octanol–water partition coefficient (Wildman–Crippen LogP) is 4.41. The molecule has 0 bridgehead atoms. The second-order valence-corrected chi connectivity index (χ2v) is 9.35. The minimum absolute atomic E-state index is 0.000283. The highest BCUT2D eigenvalue weighted by atomic mass is 35.5. The fraction of sp³-hybridized carbons (Fsp3) is 0.350. The van der Waals surface area contributed by atoms with Crippen LogP contribution in [0.4, 0.5) is 18.9 Å². The van der Waals surface area contributed by atoms with Crippen LogP contribution in [0.15, 0.2) is 47.4 Å². The third-order valence-corrected chi connectivity index (χ3v) is 7.27. The Kier molecular flexibility index (Phi) is 6.82. The van der Waals surface area contributed by atoms with E-state index in [2.05, 4.69) is 5.32 Å². The molecule has 1 N–H and O–H groups in total. The van der Waals surface area contributed by atoms with Gasteiger partial charge in [0.15, 0.2) is 0 Å². The van der Waals surface area contributed by atoms with Gasteiger partial charge >= 0.3 is 6.18 Å². The van der Waals surface area contributed by atoms with Gasteiger partial charge in [0.05, 0.1) is 28.3 Å². The first-order valence-electron chi connectivity index (χ1n) is 9.35. The molecule has 0 saturated carbocycles. The Morgan fingerprint density at radius 2 is 1.81 bits per heavy atom. The zero-order valence-electron chi connectivity index (χ0n) is 16.4. The van der Waals surface area contributed by atoms with Gasteiger partial charge in [0.25, 0.3) is 0 Å². The predicted molar refractivity (Wildman–Crippen MR) is 110 cm³/mol. The summed E-state index contributed by atoms with van der Waals surface area (Å²) in [5.74, 6) is -0.830. The van der Waals surface area contributed by atoms with Crippen molar-refractivity contribution in [3.05, 3.63) is 53.1 Å². The van der Waals surface area contributed by atoms with Crippen LogP contribution in [0.5, 0.6) is 5.75 Å². The van der Waals surface area contributed by atoms with Crippen molar-refractivity contribution >= 4 is 33.2 Å². The third kappa shape index (κ3) is 5.13. The highest BCUT2D eigenvalue weighted by Gasteiger charge is 2.36. The fourth-order valence-corrected chi connectivity index (χ4v) is 5.21. The van der Waals surface area contributed by atoms with E-state index in [9.17, 15) is 26.4 Å². The number of benzene rings is 2. The molecule has 0 aliphatic carbocycles. The summed E-state index contributed by atoms with van der Waals surface area (Å²) in [6.07, 6.45) is -4.23. The number of ether oxygens (including phenoxy) is 1. The Labute approximate surface area is 183 Å². The van der Waals surface area contributed by atoms with E-state index in [0.29, 0.717) is 5.75 Å². The van der Waals surface area contributed by atoms with E-state index in [-0.39, 0.29) is 41.5 Å². The number of halogens is 4. The van der Waals surface area contributed by atoms with Crippen LogP contribution in [-0.4, -0.2) is 38.8 Å². The lowest BCUT2D eigenvalue weighted by Gasteiger charge is -2.30. The average molecular weight is 477 g/mol. The molecule has 0 atom stereocenters. The number of carbonyl (C=O) groups is 1. The van der Waals surface area contributed by atoms with Crippen molar-refractivity contribution in [2.45, 2.75) is 23.9 Å². The number of sulfonamides is 1. The first kappa shape index (κ1) is 23.4. The number of piperidine rings is 1. The first-order chi connectivity index (χ1) is 14.5. The number of amides is 1. The second kappa shape index (κ2) is 9.05. The molecule has 6 nitrogen and oxygen atoms in total. The molecule has 0 spiro atoms. The summed E-state index contributed by atoms with van der Waals surface area (Å²) < 4.78 is 71.3. The van der Waals surface area contributed by atoms with Crippen LogP contribution in [0, 0.1) is 5.92 Å². The molecule has 1 aliphatic rings. The summed E-state index contributed by atoms with van der Waals surface area (Å²) in [4.78, 5) is 12.5. The Morgan fingerprint density at radius 3 is 2.39 bits per heavy atom. The monoisotopic (exact) mass is 476 g/mol. The summed E-state index contributed by atoms with van der Waals surface area (Å²) >= 11 is 6.02. The topological polar surface area (TPSA) is 75.7 Å². The van der Waals surface area contributed by atoms with Gasteiger partial charge in [-0.2, -0.15) is 17.5 Å². The van der Waals surface area contributed by atoms with E-state index >= 15 is 0 Å². The lowest BCUT2D eigenvalue weighted by molar-refractivity contribution is -0.137. The molecule has 0 unspecified atom stereocenters. The second-order valence-electron chi connectivity index (χ2n) is 7.01. The van der Waals surface area contributed by atoms with Gasteiger partial charge in [0, 0.05) is 19.0 Å². The smallest absolute Gasteiger partial charge is 0.418 e. The summed E-state index contributed by atoms with van der Waals surface area (Å²) in [6.45, 7) is 0.121. The van der Waals surface area contributed by atoms with E-state index < -0.39 is 33.6 Å². The number of para-hydroxylation sites is 1. The largest absolute Gasteiger partial charge is 0.495 e. The maximum atomic E-state index is 13.1. The van der Waals surface area contributed by atoms with Crippen molar-refractivity contribution in [1.82, 2.24) is 4.31 Å². The van der Waals surface area contributed by atoms with Gasteiger partial charge in [-0.25, -0.2) is 8.42 Å². The summed E-state index contributed by atoms with van der Waals surface area (Å²) in [5.41, 5.74) is -1.25. The fourth-order valence-electron chi connectivity index (χ4n) is 3.39. The van der Waals surface area contributed by atoms with E-state index in [1.807, 2.05) is 0 Å². The van der Waals surface area contributed by atoms with Crippen LogP contribution in [0.1, 0.15) is 18.4 Å². The van der Waals surface area contributed by atoms with Crippen molar-refractivity contribution in [3.8, 4) is 5.75 Å². The first-order valence-corrected chi connectivity index (χ1v) is 11.2. The Balaban J connectivity index is 1.67. The molecular formula is C20H20ClF3N2O4S. The number of carbonyl (C=O) groups excluding carboxylic acids is 1. The molecule has 1 saturated heterocycles. The molecule has 1 amide bonds. The normalized spacial score (nSPS) is 16.2. The van der Waals surface area contributed by atoms with Crippen molar-refractivity contribution < 1.29 is 31.1 Å².